The third kappa shape index (κ3) is 3.07. The van der Waals surface area contributed by atoms with Crippen LogP contribution in [0.2, 0.25) is 0 Å². The summed E-state index contributed by atoms with van der Waals surface area (Å²) in [5.41, 5.74) is -0.598. The van der Waals surface area contributed by atoms with E-state index < -0.39 is 41.1 Å². The van der Waals surface area contributed by atoms with Gasteiger partial charge in [-0.2, -0.15) is 0 Å². The molecule has 3 atom stereocenters. The molecule has 0 saturated heterocycles. The molecule has 1 aromatic rings. The number of amides is 1. The normalized spacial score (nSPS) is 24.1. The van der Waals surface area contributed by atoms with Crippen molar-refractivity contribution in [3.63, 3.8) is 0 Å². The smallest absolute Gasteiger partial charge is 0.307 e. The third-order valence-corrected chi connectivity index (χ3v) is 4.94. The van der Waals surface area contributed by atoms with Gasteiger partial charge in [0, 0.05) is 4.88 Å². The number of nitrogens with one attached hydrogen (secondary N) is 1. The molecular formula is C14H17NO5S. The molecule has 0 bridgehead atoms. The Morgan fingerprint density at radius 1 is 1.33 bits per heavy atom. The summed E-state index contributed by atoms with van der Waals surface area (Å²) in [6.45, 7) is 3.46. The fourth-order valence-corrected chi connectivity index (χ4v) is 3.51. The molecular weight excluding hydrogens is 294 g/mol. The zero-order valence-corrected chi connectivity index (χ0v) is 12.5. The molecule has 1 amide bonds. The van der Waals surface area contributed by atoms with E-state index in [1.807, 2.05) is 0 Å². The van der Waals surface area contributed by atoms with Gasteiger partial charge < -0.3 is 15.5 Å². The van der Waals surface area contributed by atoms with Crippen molar-refractivity contribution in [2.45, 2.75) is 26.3 Å². The van der Waals surface area contributed by atoms with E-state index in [-0.39, 0.29) is 6.42 Å². The number of hydrogen-bond donors (Lipinski definition) is 3. The summed E-state index contributed by atoms with van der Waals surface area (Å²) in [5, 5.41) is 22.5. The highest BCUT2D eigenvalue weighted by molar-refractivity contribution is 7.10. The van der Waals surface area contributed by atoms with Crippen LogP contribution in [0.15, 0.2) is 17.5 Å². The van der Waals surface area contributed by atoms with E-state index >= 15 is 0 Å². The fourth-order valence-electron chi connectivity index (χ4n) is 2.74. The minimum Gasteiger partial charge on any atom is -0.481 e. The van der Waals surface area contributed by atoms with Crippen LogP contribution in [0.4, 0.5) is 0 Å². The third-order valence-electron chi connectivity index (χ3n) is 3.96. The Balaban J connectivity index is 2.09. The van der Waals surface area contributed by atoms with Crippen molar-refractivity contribution in [1.29, 1.82) is 0 Å². The van der Waals surface area contributed by atoms with Crippen LogP contribution >= 0.6 is 11.3 Å². The van der Waals surface area contributed by atoms with Gasteiger partial charge in [0.1, 0.15) is 0 Å². The van der Waals surface area contributed by atoms with Crippen LogP contribution in [0.1, 0.15) is 31.2 Å². The molecule has 1 unspecified atom stereocenters. The molecule has 7 heteroatoms. The Morgan fingerprint density at radius 2 is 2.00 bits per heavy atom. The topological polar surface area (TPSA) is 104 Å². The first-order valence-corrected chi connectivity index (χ1v) is 7.41. The predicted molar refractivity (Wildman–Crippen MR) is 75.9 cm³/mol. The van der Waals surface area contributed by atoms with Crippen molar-refractivity contribution in [2.24, 2.45) is 17.3 Å². The second-order valence-electron chi connectivity index (χ2n) is 5.79. The highest BCUT2D eigenvalue weighted by atomic mass is 32.1. The molecule has 0 aliphatic heterocycles. The van der Waals surface area contributed by atoms with E-state index in [0.29, 0.717) is 0 Å². The second kappa shape index (κ2) is 5.48. The van der Waals surface area contributed by atoms with Gasteiger partial charge in [-0.1, -0.05) is 19.9 Å². The van der Waals surface area contributed by atoms with E-state index in [2.05, 4.69) is 5.32 Å². The Labute approximate surface area is 125 Å². The Bertz CT molecular complexity index is 566. The molecule has 1 aromatic heterocycles. The molecule has 114 valence electrons. The maximum atomic E-state index is 12.3. The van der Waals surface area contributed by atoms with Crippen molar-refractivity contribution < 1.29 is 24.6 Å². The maximum Gasteiger partial charge on any atom is 0.307 e. The highest BCUT2D eigenvalue weighted by Gasteiger charge is 2.66. The lowest BCUT2D eigenvalue weighted by atomic mass is 10.1. The molecule has 1 saturated carbocycles. The van der Waals surface area contributed by atoms with Gasteiger partial charge in [0.25, 0.3) is 0 Å². The number of hydrogen-bond acceptors (Lipinski definition) is 4. The van der Waals surface area contributed by atoms with E-state index in [4.69, 9.17) is 10.2 Å². The Hall–Kier alpha value is -1.89. The molecule has 0 aromatic carbocycles. The SMILES string of the molecule is CC1(C)[C@H](C(=O)O)[C@@H]1C(=O)NC(CC(=O)O)c1cccs1. The average Bonchev–Trinajstić information content (AvgIpc) is 2.76. The van der Waals surface area contributed by atoms with Gasteiger partial charge in [-0.15, -0.1) is 11.3 Å². The summed E-state index contributed by atoms with van der Waals surface area (Å²) >= 11 is 1.36. The summed E-state index contributed by atoms with van der Waals surface area (Å²) in [6, 6.07) is 2.91. The van der Waals surface area contributed by atoms with Crippen molar-refractivity contribution in [3.8, 4) is 0 Å². The maximum absolute atomic E-state index is 12.3. The van der Waals surface area contributed by atoms with Gasteiger partial charge in [0.05, 0.1) is 24.3 Å². The summed E-state index contributed by atoms with van der Waals surface area (Å²) < 4.78 is 0. The lowest BCUT2D eigenvalue weighted by Gasteiger charge is -2.16. The van der Waals surface area contributed by atoms with E-state index in [9.17, 15) is 14.4 Å². The van der Waals surface area contributed by atoms with E-state index in [1.54, 1.807) is 31.4 Å². The summed E-state index contributed by atoms with van der Waals surface area (Å²) in [6.07, 6.45) is -0.225. The summed E-state index contributed by atoms with van der Waals surface area (Å²) in [4.78, 5) is 35.0. The van der Waals surface area contributed by atoms with Crippen molar-refractivity contribution in [3.05, 3.63) is 22.4 Å². The van der Waals surface area contributed by atoms with Gasteiger partial charge in [-0.25, -0.2) is 0 Å². The van der Waals surface area contributed by atoms with Crippen LogP contribution in [-0.2, 0) is 14.4 Å². The highest BCUT2D eigenvalue weighted by Crippen LogP contribution is 2.58. The van der Waals surface area contributed by atoms with Gasteiger partial charge in [-0.3, -0.25) is 14.4 Å². The number of aliphatic carboxylic acids is 2. The summed E-state index contributed by atoms with van der Waals surface area (Å²) in [5.74, 6) is -3.74. The lowest BCUT2D eigenvalue weighted by molar-refractivity contribution is -0.141. The zero-order chi connectivity index (χ0) is 15.8. The number of rotatable bonds is 6. The first-order valence-electron chi connectivity index (χ1n) is 6.53. The standard InChI is InChI=1S/C14H17NO5S/c1-14(2)10(11(14)13(19)20)12(18)15-7(6-9(16)17)8-4-3-5-21-8/h3-5,7,10-11H,6H2,1-2H3,(H,15,18)(H,16,17)(H,19,20)/t7?,10-,11+/m1/s1. The molecule has 2 rings (SSSR count). The van der Waals surface area contributed by atoms with Gasteiger partial charge in [-0.05, 0) is 16.9 Å². The molecule has 3 N–H and O–H groups in total. The number of carboxylic acids is 2. The quantitative estimate of drug-likeness (QED) is 0.742. The van der Waals surface area contributed by atoms with Crippen molar-refractivity contribution in [1.82, 2.24) is 5.32 Å². The lowest BCUT2D eigenvalue weighted by Crippen LogP contribution is -2.32. The number of carbonyl (C=O) groups is 3. The Kier molecular flexibility index (Phi) is 4.04. The van der Waals surface area contributed by atoms with Crippen LogP contribution in [-0.4, -0.2) is 28.1 Å². The monoisotopic (exact) mass is 311 g/mol. The number of carboxylic acid groups (broad SMARTS) is 2. The molecule has 1 fully saturated rings. The summed E-state index contributed by atoms with van der Waals surface area (Å²) in [7, 11) is 0. The first kappa shape index (κ1) is 15.5. The van der Waals surface area contributed by atoms with Crippen LogP contribution < -0.4 is 5.32 Å². The van der Waals surface area contributed by atoms with Crippen LogP contribution in [0.3, 0.4) is 0 Å². The number of thiophene rings is 1. The molecule has 1 heterocycles. The molecule has 6 nitrogen and oxygen atoms in total. The number of carbonyl (C=O) groups excluding carboxylic acids is 1. The largest absolute Gasteiger partial charge is 0.481 e. The molecule has 1 aliphatic carbocycles. The molecule has 0 spiro atoms. The van der Waals surface area contributed by atoms with Crippen molar-refractivity contribution >= 4 is 29.2 Å². The van der Waals surface area contributed by atoms with Crippen LogP contribution in [0, 0.1) is 17.3 Å². The second-order valence-corrected chi connectivity index (χ2v) is 6.77. The minimum absolute atomic E-state index is 0.225. The Morgan fingerprint density at radius 3 is 2.43 bits per heavy atom. The van der Waals surface area contributed by atoms with Crippen molar-refractivity contribution in [2.75, 3.05) is 0 Å². The minimum atomic E-state index is -1.02. The van der Waals surface area contributed by atoms with Gasteiger partial charge in [0.2, 0.25) is 5.91 Å². The molecule has 0 radical (unpaired) electrons. The molecule has 21 heavy (non-hydrogen) atoms. The van der Waals surface area contributed by atoms with E-state index in [1.165, 1.54) is 11.3 Å². The molecule has 1 aliphatic rings. The van der Waals surface area contributed by atoms with Crippen LogP contribution in [0.5, 0.6) is 0 Å². The average molecular weight is 311 g/mol. The fraction of sp³-hybridized carbons (Fsp3) is 0.500. The van der Waals surface area contributed by atoms with Crippen LogP contribution in [0.25, 0.3) is 0 Å². The predicted octanol–water partition coefficient (Wildman–Crippen LogP) is 1.74. The van der Waals surface area contributed by atoms with Gasteiger partial charge in [0.15, 0.2) is 0 Å². The van der Waals surface area contributed by atoms with E-state index in [0.717, 1.165) is 4.88 Å². The zero-order valence-electron chi connectivity index (χ0n) is 11.7. The van der Waals surface area contributed by atoms with Gasteiger partial charge >= 0.3 is 11.9 Å². The first-order chi connectivity index (χ1) is 9.75.